The van der Waals surface area contributed by atoms with E-state index in [-0.39, 0.29) is 11.8 Å². The maximum Gasteiger partial charge on any atom is 0.226 e. The van der Waals surface area contributed by atoms with Crippen LogP contribution in [0.2, 0.25) is 0 Å². The Morgan fingerprint density at radius 3 is 2.73 bits per heavy atom. The number of carbonyl (C=O) groups is 1. The summed E-state index contributed by atoms with van der Waals surface area (Å²) in [6.45, 7) is 8.87. The van der Waals surface area contributed by atoms with Gasteiger partial charge in [-0.25, -0.2) is 9.97 Å². The predicted octanol–water partition coefficient (Wildman–Crippen LogP) is 3.89. The highest BCUT2D eigenvalue weighted by Gasteiger charge is 2.28. The van der Waals surface area contributed by atoms with E-state index < -0.39 is 0 Å². The molecule has 0 spiro atoms. The minimum absolute atomic E-state index is 0.0274. The molecule has 2 aromatic heterocycles. The average molecular weight is 451 g/mol. The minimum atomic E-state index is 0.0274. The van der Waals surface area contributed by atoms with E-state index in [0.717, 1.165) is 78.5 Å². The van der Waals surface area contributed by atoms with Crippen LogP contribution in [0.3, 0.4) is 0 Å². The quantitative estimate of drug-likeness (QED) is 0.560. The molecule has 1 aliphatic heterocycles. The summed E-state index contributed by atoms with van der Waals surface area (Å²) in [6.07, 6.45) is 3.62. The third kappa shape index (κ3) is 5.26. The molecule has 0 bridgehead atoms. The van der Waals surface area contributed by atoms with Crippen molar-refractivity contribution in [3.63, 3.8) is 0 Å². The van der Waals surface area contributed by atoms with Crippen molar-refractivity contribution >= 4 is 22.8 Å². The maximum atomic E-state index is 13.0. The summed E-state index contributed by atoms with van der Waals surface area (Å²) in [5, 5.41) is 8.40. The fraction of sp³-hybridized carbons (Fsp3) is 0.520. The first-order valence-electron chi connectivity index (χ1n) is 11.9. The fourth-order valence-electron chi connectivity index (χ4n) is 4.49. The third-order valence-electron chi connectivity index (χ3n) is 6.26. The first-order chi connectivity index (χ1) is 16.0. The number of fused-ring (bicyclic) bond motifs is 1. The Morgan fingerprint density at radius 2 is 2.00 bits per heavy atom. The molecular formula is C25H34N6O2. The standard InChI is InChI=1S/C25H34N6O2/c1-5-7-19-14-20(29-28-19)16-30(4)24(32)18-10-12-31(13-11-18)25-26-17(3)22-15-21(33-6-2)8-9-23(22)27-25/h8-9,14-15,18H,5-7,10-13,16H2,1-4H3,(H,28,29). The number of carbonyl (C=O) groups excluding carboxylic acids is 1. The maximum absolute atomic E-state index is 13.0. The number of aromatic nitrogens is 4. The van der Waals surface area contributed by atoms with Crippen LogP contribution in [0.1, 0.15) is 50.2 Å². The first kappa shape index (κ1) is 23.0. The van der Waals surface area contributed by atoms with Crippen molar-refractivity contribution in [3.05, 3.63) is 41.3 Å². The monoisotopic (exact) mass is 450 g/mol. The number of anilines is 1. The second-order valence-electron chi connectivity index (χ2n) is 8.81. The SMILES string of the molecule is CCCc1cc(CN(C)C(=O)C2CCN(c3nc(C)c4cc(OCC)ccc4n3)CC2)[nH]n1. The van der Waals surface area contributed by atoms with Gasteiger partial charge < -0.3 is 14.5 Å². The van der Waals surface area contributed by atoms with Crippen molar-refractivity contribution < 1.29 is 9.53 Å². The first-order valence-corrected chi connectivity index (χ1v) is 11.9. The van der Waals surface area contributed by atoms with Crippen LogP contribution in [0, 0.1) is 12.8 Å². The lowest BCUT2D eigenvalue weighted by molar-refractivity contribution is -0.135. The summed E-state index contributed by atoms with van der Waals surface area (Å²) >= 11 is 0. The number of aryl methyl sites for hydroxylation is 2. The zero-order valence-corrected chi connectivity index (χ0v) is 20.1. The summed E-state index contributed by atoms with van der Waals surface area (Å²) in [5.74, 6) is 1.80. The number of benzene rings is 1. The van der Waals surface area contributed by atoms with Crippen molar-refractivity contribution in [2.75, 3.05) is 31.6 Å². The molecule has 4 rings (SSSR count). The van der Waals surface area contributed by atoms with Crippen LogP contribution in [0.25, 0.3) is 10.9 Å². The summed E-state index contributed by atoms with van der Waals surface area (Å²) < 4.78 is 5.61. The zero-order valence-electron chi connectivity index (χ0n) is 20.1. The Balaban J connectivity index is 1.37. The van der Waals surface area contributed by atoms with Gasteiger partial charge in [0.05, 0.1) is 35.8 Å². The van der Waals surface area contributed by atoms with Gasteiger partial charge in [0.2, 0.25) is 11.9 Å². The molecule has 0 unspecified atom stereocenters. The Bertz CT molecular complexity index is 1100. The molecular weight excluding hydrogens is 416 g/mol. The fourth-order valence-corrected chi connectivity index (χ4v) is 4.49. The number of amides is 1. The van der Waals surface area contributed by atoms with Crippen molar-refractivity contribution in [3.8, 4) is 5.75 Å². The van der Waals surface area contributed by atoms with Crippen molar-refractivity contribution in [2.24, 2.45) is 5.92 Å². The number of hydrogen-bond acceptors (Lipinski definition) is 6. The average Bonchev–Trinajstić information content (AvgIpc) is 3.26. The van der Waals surface area contributed by atoms with Gasteiger partial charge in [0.1, 0.15) is 5.75 Å². The third-order valence-corrected chi connectivity index (χ3v) is 6.26. The van der Waals surface area contributed by atoms with Gasteiger partial charge >= 0.3 is 0 Å². The number of hydrogen-bond donors (Lipinski definition) is 1. The number of ether oxygens (including phenoxy) is 1. The normalized spacial score (nSPS) is 14.6. The molecule has 0 radical (unpaired) electrons. The van der Waals surface area contributed by atoms with Crippen LogP contribution in [0.5, 0.6) is 5.75 Å². The molecule has 1 amide bonds. The molecule has 1 aromatic carbocycles. The van der Waals surface area contributed by atoms with E-state index in [0.29, 0.717) is 13.2 Å². The molecule has 0 saturated carbocycles. The van der Waals surface area contributed by atoms with Gasteiger partial charge in [-0.2, -0.15) is 5.10 Å². The van der Waals surface area contributed by atoms with E-state index in [9.17, 15) is 4.79 Å². The van der Waals surface area contributed by atoms with E-state index in [2.05, 4.69) is 28.1 Å². The second-order valence-corrected chi connectivity index (χ2v) is 8.81. The van der Waals surface area contributed by atoms with Gasteiger partial charge in [0.25, 0.3) is 0 Å². The van der Waals surface area contributed by atoms with E-state index >= 15 is 0 Å². The Hall–Kier alpha value is -3.16. The van der Waals surface area contributed by atoms with E-state index in [1.54, 1.807) is 0 Å². The van der Waals surface area contributed by atoms with Gasteiger partial charge in [-0.05, 0) is 57.4 Å². The molecule has 1 saturated heterocycles. The van der Waals surface area contributed by atoms with Crippen LogP contribution in [0.15, 0.2) is 24.3 Å². The highest BCUT2D eigenvalue weighted by molar-refractivity contribution is 5.83. The van der Waals surface area contributed by atoms with Gasteiger partial charge in [-0.1, -0.05) is 13.3 Å². The minimum Gasteiger partial charge on any atom is -0.494 e. The number of nitrogens with one attached hydrogen (secondary N) is 1. The highest BCUT2D eigenvalue weighted by Crippen LogP contribution is 2.27. The second kappa shape index (κ2) is 10.2. The zero-order chi connectivity index (χ0) is 23.4. The Kier molecular flexibility index (Phi) is 7.11. The molecule has 3 heterocycles. The van der Waals surface area contributed by atoms with Crippen LogP contribution >= 0.6 is 0 Å². The van der Waals surface area contributed by atoms with Crippen molar-refractivity contribution in [1.29, 1.82) is 0 Å². The molecule has 33 heavy (non-hydrogen) atoms. The molecule has 0 aliphatic carbocycles. The smallest absolute Gasteiger partial charge is 0.226 e. The largest absolute Gasteiger partial charge is 0.494 e. The lowest BCUT2D eigenvalue weighted by Crippen LogP contribution is -2.41. The van der Waals surface area contributed by atoms with Crippen LogP contribution in [-0.4, -0.2) is 57.7 Å². The molecule has 3 aromatic rings. The lowest BCUT2D eigenvalue weighted by Gasteiger charge is -2.33. The Morgan fingerprint density at radius 1 is 1.21 bits per heavy atom. The molecule has 8 nitrogen and oxygen atoms in total. The van der Waals surface area contributed by atoms with Gasteiger partial charge in [-0.15, -0.1) is 0 Å². The van der Waals surface area contributed by atoms with Gasteiger partial charge in [-0.3, -0.25) is 9.89 Å². The summed E-state index contributed by atoms with van der Waals surface area (Å²) in [7, 11) is 1.88. The number of piperidine rings is 1. The van der Waals surface area contributed by atoms with Crippen LogP contribution < -0.4 is 9.64 Å². The predicted molar refractivity (Wildman–Crippen MR) is 129 cm³/mol. The summed E-state index contributed by atoms with van der Waals surface area (Å²) in [6, 6.07) is 8.01. The number of H-pyrrole nitrogens is 1. The lowest BCUT2D eigenvalue weighted by atomic mass is 9.95. The summed E-state index contributed by atoms with van der Waals surface area (Å²) in [4.78, 5) is 26.6. The van der Waals surface area contributed by atoms with E-state index in [1.807, 2.05) is 44.0 Å². The number of rotatable bonds is 8. The molecule has 0 atom stereocenters. The van der Waals surface area contributed by atoms with E-state index in [1.165, 1.54) is 0 Å². The molecule has 1 aliphatic rings. The van der Waals surface area contributed by atoms with Crippen LogP contribution in [0.4, 0.5) is 5.95 Å². The molecule has 1 fully saturated rings. The van der Waals surface area contributed by atoms with Gasteiger partial charge in [0.15, 0.2) is 0 Å². The van der Waals surface area contributed by atoms with Crippen LogP contribution in [-0.2, 0) is 17.8 Å². The van der Waals surface area contributed by atoms with E-state index in [4.69, 9.17) is 14.7 Å². The molecule has 176 valence electrons. The molecule has 8 heteroatoms. The van der Waals surface area contributed by atoms with Crippen molar-refractivity contribution in [2.45, 2.75) is 53.0 Å². The Labute approximate surface area is 195 Å². The number of nitrogens with zero attached hydrogens (tertiary/aromatic N) is 5. The highest BCUT2D eigenvalue weighted by atomic mass is 16.5. The molecule has 1 N–H and O–H groups in total. The van der Waals surface area contributed by atoms with Crippen molar-refractivity contribution in [1.82, 2.24) is 25.1 Å². The topological polar surface area (TPSA) is 87.2 Å². The number of aromatic amines is 1. The summed E-state index contributed by atoms with van der Waals surface area (Å²) in [5.41, 5.74) is 3.90. The van der Waals surface area contributed by atoms with Gasteiger partial charge in [0, 0.05) is 31.4 Å².